The van der Waals surface area contributed by atoms with E-state index in [-0.39, 0.29) is 5.91 Å². The minimum atomic E-state index is -0.391. The number of amides is 2. The van der Waals surface area contributed by atoms with E-state index in [9.17, 15) is 9.59 Å². The number of hydrogen-bond donors (Lipinski definition) is 2. The number of aromatic amines is 1. The fourth-order valence-electron chi connectivity index (χ4n) is 5.05. The topological polar surface area (TPSA) is 79.4 Å². The number of carbonyl (C=O) groups is 2. The van der Waals surface area contributed by atoms with E-state index in [0.717, 1.165) is 40.5 Å². The first kappa shape index (κ1) is 23.8. The van der Waals surface area contributed by atoms with Crippen molar-refractivity contribution < 1.29 is 14.3 Å². The molecule has 0 aliphatic carbocycles. The van der Waals surface area contributed by atoms with Crippen LogP contribution in [0.4, 0.5) is 0 Å². The lowest BCUT2D eigenvalue weighted by molar-refractivity contribution is -0.122. The van der Waals surface area contributed by atoms with E-state index in [0.29, 0.717) is 34.6 Å². The highest BCUT2D eigenvalue weighted by Gasteiger charge is 2.35. The fourth-order valence-corrected chi connectivity index (χ4v) is 5.05. The molecule has 0 spiro atoms. The molecule has 7 nitrogen and oxygen atoms in total. The predicted octanol–water partition coefficient (Wildman–Crippen LogP) is 4.83. The molecule has 7 heteroatoms. The van der Waals surface area contributed by atoms with Gasteiger partial charge in [0, 0.05) is 58.4 Å². The van der Waals surface area contributed by atoms with Crippen molar-refractivity contribution in [3.05, 3.63) is 102 Å². The van der Waals surface area contributed by atoms with Crippen LogP contribution < -0.4 is 10.1 Å². The maximum Gasteiger partial charge on any atom is 0.259 e. The molecule has 0 fully saturated rings. The number of nitrogens with zero attached hydrogens (tertiary/aromatic N) is 2. The van der Waals surface area contributed by atoms with Crippen LogP contribution in [0.3, 0.4) is 0 Å². The van der Waals surface area contributed by atoms with Gasteiger partial charge in [-0.3, -0.25) is 14.9 Å². The van der Waals surface area contributed by atoms with Gasteiger partial charge in [0.1, 0.15) is 12.4 Å². The molecule has 0 radical (unpaired) electrons. The molecular formula is C31H28N4O3. The Labute approximate surface area is 220 Å². The second-order valence-corrected chi connectivity index (χ2v) is 9.77. The van der Waals surface area contributed by atoms with Gasteiger partial charge in [-0.15, -0.1) is 0 Å². The van der Waals surface area contributed by atoms with Gasteiger partial charge in [0.15, 0.2) is 0 Å². The Hall–Kier alpha value is -4.62. The van der Waals surface area contributed by atoms with Crippen molar-refractivity contribution in [2.75, 3.05) is 20.6 Å². The predicted molar refractivity (Wildman–Crippen MR) is 150 cm³/mol. The summed E-state index contributed by atoms with van der Waals surface area (Å²) in [5.41, 5.74) is 5.15. The molecule has 2 N–H and O–H groups in total. The summed E-state index contributed by atoms with van der Waals surface area (Å²) in [6, 6.07) is 23.7. The number of para-hydroxylation sites is 1. The first-order valence-corrected chi connectivity index (χ1v) is 12.6. The highest BCUT2D eigenvalue weighted by molar-refractivity contribution is 6.50. The van der Waals surface area contributed by atoms with Crippen LogP contribution in [0.1, 0.15) is 16.7 Å². The zero-order valence-electron chi connectivity index (χ0n) is 21.3. The number of imide groups is 1. The van der Waals surface area contributed by atoms with Gasteiger partial charge in [-0.25, -0.2) is 0 Å². The smallest absolute Gasteiger partial charge is 0.259 e. The second kappa shape index (κ2) is 9.68. The van der Waals surface area contributed by atoms with E-state index in [1.54, 1.807) is 6.20 Å². The van der Waals surface area contributed by atoms with E-state index in [1.165, 1.54) is 0 Å². The van der Waals surface area contributed by atoms with Crippen LogP contribution in [0.25, 0.3) is 33.0 Å². The standard InChI is InChI=1S/C31H28N4O3/c1-34(2)14-15-35-18-25(23-16-21(12-13-27(23)35)38-19-20-8-4-3-5-9-20)29-28(30(36)33-31(29)37)24-17-32-26-11-7-6-10-22(24)26/h3-13,16-18,32H,14-15,19H2,1-2H3,(H,33,36,37). The lowest BCUT2D eigenvalue weighted by Crippen LogP contribution is -2.22. The van der Waals surface area contributed by atoms with Crippen molar-refractivity contribution in [2.45, 2.75) is 13.2 Å². The number of benzene rings is 3. The lowest BCUT2D eigenvalue weighted by atomic mass is 9.95. The molecule has 1 aliphatic rings. The van der Waals surface area contributed by atoms with E-state index >= 15 is 0 Å². The van der Waals surface area contributed by atoms with E-state index in [1.807, 2.05) is 93.1 Å². The van der Waals surface area contributed by atoms with Crippen LogP contribution in [0.15, 0.2) is 85.2 Å². The van der Waals surface area contributed by atoms with Crippen molar-refractivity contribution in [3.63, 3.8) is 0 Å². The molecule has 1 aliphatic heterocycles. The number of fused-ring (bicyclic) bond motifs is 2. The first-order valence-electron chi connectivity index (χ1n) is 12.6. The zero-order valence-corrected chi connectivity index (χ0v) is 21.3. The number of carbonyl (C=O) groups excluding carboxylic acids is 2. The number of likely N-dealkylation sites (N-methyl/N-ethyl adjacent to an activating group) is 1. The Bertz CT molecular complexity index is 1710. The molecule has 0 saturated heterocycles. The number of rotatable bonds is 8. The molecule has 3 aromatic carbocycles. The van der Waals surface area contributed by atoms with E-state index in [4.69, 9.17) is 4.74 Å². The maximum atomic E-state index is 13.3. The number of ether oxygens (including phenoxy) is 1. The van der Waals surface area contributed by atoms with Crippen molar-refractivity contribution in [2.24, 2.45) is 0 Å². The van der Waals surface area contributed by atoms with Crippen molar-refractivity contribution in [3.8, 4) is 5.75 Å². The largest absolute Gasteiger partial charge is 0.489 e. The quantitative estimate of drug-likeness (QED) is 0.297. The van der Waals surface area contributed by atoms with Gasteiger partial charge in [0.25, 0.3) is 11.8 Å². The zero-order chi connectivity index (χ0) is 26.2. The summed E-state index contributed by atoms with van der Waals surface area (Å²) in [6.45, 7) is 2.00. The molecule has 0 unspecified atom stereocenters. The van der Waals surface area contributed by atoms with Crippen LogP contribution in [-0.2, 0) is 22.7 Å². The number of H-pyrrole nitrogens is 1. The monoisotopic (exact) mass is 504 g/mol. The fraction of sp³-hybridized carbons (Fsp3) is 0.161. The van der Waals surface area contributed by atoms with Crippen molar-refractivity contribution in [1.29, 1.82) is 0 Å². The third-order valence-corrected chi connectivity index (χ3v) is 6.95. The van der Waals surface area contributed by atoms with Crippen LogP contribution in [0.5, 0.6) is 5.75 Å². The van der Waals surface area contributed by atoms with Crippen molar-refractivity contribution >= 4 is 44.8 Å². The van der Waals surface area contributed by atoms with Gasteiger partial charge in [-0.2, -0.15) is 0 Å². The van der Waals surface area contributed by atoms with Gasteiger partial charge >= 0.3 is 0 Å². The van der Waals surface area contributed by atoms with Gasteiger partial charge in [-0.1, -0.05) is 48.5 Å². The van der Waals surface area contributed by atoms with Crippen LogP contribution >= 0.6 is 0 Å². The van der Waals surface area contributed by atoms with Crippen LogP contribution in [-0.4, -0.2) is 46.9 Å². The minimum Gasteiger partial charge on any atom is -0.489 e. The molecule has 2 amide bonds. The van der Waals surface area contributed by atoms with Gasteiger partial charge in [-0.05, 0) is 43.9 Å². The molecule has 3 heterocycles. The van der Waals surface area contributed by atoms with Crippen LogP contribution in [0, 0.1) is 0 Å². The minimum absolute atomic E-state index is 0.383. The van der Waals surface area contributed by atoms with E-state index in [2.05, 4.69) is 19.8 Å². The molecular weight excluding hydrogens is 476 g/mol. The Morgan fingerprint density at radius 2 is 1.58 bits per heavy atom. The summed E-state index contributed by atoms with van der Waals surface area (Å²) >= 11 is 0. The molecule has 6 rings (SSSR count). The first-order chi connectivity index (χ1) is 18.5. The van der Waals surface area contributed by atoms with Gasteiger partial charge in [0.2, 0.25) is 0 Å². The third kappa shape index (κ3) is 4.27. The molecule has 38 heavy (non-hydrogen) atoms. The van der Waals surface area contributed by atoms with Gasteiger partial charge in [0.05, 0.1) is 11.1 Å². The maximum absolute atomic E-state index is 13.3. The highest BCUT2D eigenvalue weighted by atomic mass is 16.5. The summed E-state index contributed by atoms with van der Waals surface area (Å²) in [5.74, 6) is -0.0788. The molecule has 2 aromatic heterocycles. The molecule has 5 aromatic rings. The number of hydrogen-bond acceptors (Lipinski definition) is 4. The summed E-state index contributed by atoms with van der Waals surface area (Å²) < 4.78 is 8.26. The summed E-state index contributed by atoms with van der Waals surface area (Å²) in [7, 11) is 4.06. The van der Waals surface area contributed by atoms with Crippen molar-refractivity contribution in [1.82, 2.24) is 19.8 Å². The highest BCUT2D eigenvalue weighted by Crippen LogP contribution is 2.39. The summed E-state index contributed by atoms with van der Waals surface area (Å²) in [6.07, 6.45) is 3.79. The Morgan fingerprint density at radius 1 is 0.842 bits per heavy atom. The van der Waals surface area contributed by atoms with Crippen LogP contribution in [0.2, 0.25) is 0 Å². The normalized spacial score (nSPS) is 13.8. The molecule has 0 atom stereocenters. The third-order valence-electron chi connectivity index (χ3n) is 6.95. The average Bonchev–Trinajstić information content (AvgIpc) is 3.59. The Morgan fingerprint density at radius 3 is 2.37 bits per heavy atom. The number of aromatic nitrogens is 2. The van der Waals surface area contributed by atoms with Gasteiger partial charge < -0.3 is 19.2 Å². The number of nitrogens with one attached hydrogen (secondary N) is 2. The summed E-state index contributed by atoms with van der Waals surface area (Å²) in [5, 5.41) is 4.30. The SMILES string of the molecule is CN(C)CCn1cc(C2=C(c3c[nH]c4ccccc34)C(=O)NC2=O)c2cc(OCc3ccccc3)ccc21. The Balaban J connectivity index is 1.51. The summed E-state index contributed by atoms with van der Waals surface area (Å²) in [4.78, 5) is 31.8. The lowest BCUT2D eigenvalue weighted by Gasteiger charge is -2.11. The molecule has 190 valence electrons. The second-order valence-electron chi connectivity index (χ2n) is 9.77. The molecule has 0 bridgehead atoms. The molecule has 0 saturated carbocycles. The Kier molecular flexibility index (Phi) is 6.05. The van der Waals surface area contributed by atoms with E-state index < -0.39 is 5.91 Å². The average molecular weight is 505 g/mol.